The van der Waals surface area contributed by atoms with Gasteiger partial charge in [0.05, 0.1) is 16.7 Å². The molecule has 2 aromatic heterocycles. The Bertz CT molecular complexity index is 1450. The second-order valence-corrected chi connectivity index (χ2v) is 9.94. The van der Waals surface area contributed by atoms with Gasteiger partial charge in [0.15, 0.2) is 5.69 Å². The fourth-order valence-corrected chi connectivity index (χ4v) is 4.43. The highest BCUT2D eigenvalue weighted by molar-refractivity contribution is 7.89. The van der Waals surface area contributed by atoms with Crippen LogP contribution in [0.1, 0.15) is 28.0 Å². The highest BCUT2D eigenvalue weighted by atomic mass is 32.2. The van der Waals surface area contributed by atoms with Crippen molar-refractivity contribution in [2.24, 2.45) is 0 Å². The van der Waals surface area contributed by atoms with Crippen molar-refractivity contribution in [2.45, 2.75) is 37.0 Å². The molecule has 0 aliphatic rings. The number of rotatable bonds is 12. The average molecular weight is 574 g/mol. The van der Waals surface area contributed by atoms with E-state index in [0.717, 1.165) is 5.56 Å². The van der Waals surface area contributed by atoms with Crippen molar-refractivity contribution in [2.75, 3.05) is 18.4 Å². The molecule has 0 radical (unpaired) electrons. The molecule has 0 bridgehead atoms. The molecule has 210 valence electrons. The van der Waals surface area contributed by atoms with Crippen LogP contribution in [0, 0.1) is 12.7 Å². The van der Waals surface area contributed by atoms with Crippen molar-refractivity contribution in [3.05, 3.63) is 65.4 Å². The number of aromatic nitrogens is 4. The summed E-state index contributed by atoms with van der Waals surface area (Å²) in [4.78, 5) is 27.1. The molecule has 12 nitrogen and oxygen atoms in total. The SMILES string of the molecule is Cc1ccnc(NCCCn2cc(C(=O)NC[C@H](NS(=O)(=O)c3ccc(F)c(C(F)(F)F)c3)C(=O)O)nn2)c1. The Hall–Kier alpha value is -4.12. The molecule has 39 heavy (non-hydrogen) atoms. The van der Waals surface area contributed by atoms with Crippen LogP contribution in [0.4, 0.5) is 23.4 Å². The van der Waals surface area contributed by atoms with Crippen LogP contribution in [0.15, 0.2) is 47.6 Å². The number of carboxylic acids is 1. The molecule has 0 fully saturated rings. The highest BCUT2D eigenvalue weighted by Crippen LogP contribution is 2.32. The lowest BCUT2D eigenvalue weighted by Crippen LogP contribution is -2.48. The number of alkyl halides is 3. The Morgan fingerprint density at radius 3 is 2.59 bits per heavy atom. The zero-order chi connectivity index (χ0) is 28.8. The quantitative estimate of drug-likeness (QED) is 0.187. The van der Waals surface area contributed by atoms with Crippen LogP contribution in [0.2, 0.25) is 0 Å². The number of amides is 1. The van der Waals surface area contributed by atoms with E-state index in [-0.39, 0.29) is 11.8 Å². The molecule has 1 aromatic carbocycles. The second-order valence-electron chi connectivity index (χ2n) is 8.23. The summed E-state index contributed by atoms with van der Waals surface area (Å²) in [7, 11) is -4.84. The van der Waals surface area contributed by atoms with Gasteiger partial charge in [0.25, 0.3) is 5.91 Å². The minimum atomic E-state index is -5.18. The maximum absolute atomic E-state index is 13.5. The van der Waals surface area contributed by atoms with Crippen molar-refractivity contribution in [3.63, 3.8) is 0 Å². The number of anilines is 1. The number of aryl methyl sites for hydroxylation is 2. The molecule has 0 unspecified atom stereocenters. The van der Waals surface area contributed by atoms with Crippen LogP contribution >= 0.6 is 0 Å². The van der Waals surface area contributed by atoms with Gasteiger partial charge in [-0.25, -0.2) is 17.8 Å². The van der Waals surface area contributed by atoms with Crippen LogP contribution in [0.3, 0.4) is 0 Å². The van der Waals surface area contributed by atoms with Crippen LogP contribution < -0.4 is 15.4 Å². The Labute approximate surface area is 219 Å². The van der Waals surface area contributed by atoms with E-state index in [1.807, 2.05) is 19.1 Å². The van der Waals surface area contributed by atoms with Crippen LogP contribution in [0.25, 0.3) is 0 Å². The minimum absolute atomic E-state index is 0.0421. The summed E-state index contributed by atoms with van der Waals surface area (Å²) in [6.07, 6.45) is -1.60. The van der Waals surface area contributed by atoms with Gasteiger partial charge in [-0.2, -0.15) is 17.9 Å². The Kier molecular flexibility index (Phi) is 9.18. The first-order chi connectivity index (χ1) is 18.3. The first-order valence-corrected chi connectivity index (χ1v) is 12.7. The lowest BCUT2D eigenvalue weighted by Gasteiger charge is -2.16. The van der Waals surface area contributed by atoms with E-state index in [0.29, 0.717) is 37.5 Å². The number of pyridine rings is 1. The molecular formula is C22H23F4N7O5S. The summed E-state index contributed by atoms with van der Waals surface area (Å²) < 4.78 is 80.3. The number of aliphatic carboxylic acids is 1. The largest absolute Gasteiger partial charge is 0.480 e. The number of hydrogen-bond donors (Lipinski definition) is 4. The average Bonchev–Trinajstić information content (AvgIpc) is 3.32. The smallest absolute Gasteiger partial charge is 0.419 e. The third-order valence-corrected chi connectivity index (χ3v) is 6.64. The Morgan fingerprint density at radius 2 is 1.92 bits per heavy atom. The molecule has 0 saturated heterocycles. The summed E-state index contributed by atoms with van der Waals surface area (Å²) in [6, 6.07) is 2.67. The van der Waals surface area contributed by atoms with Crippen LogP contribution in [-0.4, -0.2) is 64.5 Å². The first kappa shape index (κ1) is 29.4. The third-order valence-electron chi connectivity index (χ3n) is 5.17. The second kappa shape index (κ2) is 12.2. The highest BCUT2D eigenvalue weighted by Gasteiger charge is 2.36. The van der Waals surface area contributed by atoms with Gasteiger partial charge in [-0.05, 0) is 49.2 Å². The molecule has 0 saturated carbocycles. The molecule has 1 amide bonds. The molecule has 0 aliphatic carbocycles. The number of halogens is 4. The lowest BCUT2D eigenvalue weighted by molar-refractivity contribution is -0.140. The fourth-order valence-electron chi connectivity index (χ4n) is 3.21. The number of carboxylic acid groups (broad SMARTS) is 1. The van der Waals surface area contributed by atoms with E-state index < -0.39 is 56.9 Å². The number of nitrogens with one attached hydrogen (secondary N) is 3. The fraction of sp³-hybridized carbons (Fsp3) is 0.318. The van der Waals surface area contributed by atoms with Gasteiger partial charge >= 0.3 is 12.1 Å². The zero-order valence-corrected chi connectivity index (χ0v) is 21.1. The number of sulfonamides is 1. The van der Waals surface area contributed by atoms with Gasteiger partial charge in [-0.3, -0.25) is 14.3 Å². The third kappa shape index (κ3) is 8.18. The molecule has 4 N–H and O–H groups in total. The number of benzene rings is 1. The predicted molar refractivity (Wildman–Crippen MR) is 128 cm³/mol. The number of hydrogen-bond acceptors (Lipinski definition) is 8. The maximum Gasteiger partial charge on any atom is 0.419 e. The van der Waals surface area contributed by atoms with Gasteiger partial charge in [0.2, 0.25) is 10.0 Å². The van der Waals surface area contributed by atoms with E-state index in [4.69, 9.17) is 0 Å². The van der Waals surface area contributed by atoms with Gasteiger partial charge < -0.3 is 15.7 Å². The predicted octanol–water partition coefficient (Wildman–Crippen LogP) is 1.80. The molecule has 1 atom stereocenters. The van der Waals surface area contributed by atoms with Gasteiger partial charge in [0.1, 0.15) is 17.7 Å². The Morgan fingerprint density at radius 1 is 1.18 bits per heavy atom. The standard InChI is InChI=1S/C22H23F4N7O5S/c1-13-5-7-28-19(9-13)27-6-2-8-33-12-18(30-32-33)20(34)29-11-17(21(35)36)31-39(37,38)14-3-4-16(23)15(10-14)22(24,25)26/h3-5,7,9-10,12,17,31H,2,6,8,11H2,1H3,(H,27,28)(H,29,34)(H,35,36)/t17-/m0/s1. The lowest BCUT2D eigenvalue weighted by atomic mass is 10.2. The number of carbonyl (C=O) groups excluding carboxylic acids is 1. The van der Waals surface area contributed by atoms with E-state index in [9.17, 15) is 40.7 Å². The first-order valence-electron chi connectivity index (χ1n) is 11.2. The van der Waals surface area contributed by atoms with Gasteiger partial charge in [-0.1, -0.05) is 5.21 Å². The van der Waals surface area contributed by atoms with Crippen molar-refractivity contribution < 1.29 is 40.7 Å². The van der Waals surface area contributed by atoms with E-state index in [1.165, 1.54) is 10.9 Å². The summed E-state index contributed by atoms with van der Waals surface area (Å²) >= 11 is 0. The minimum Gasteiger partial charge on any atom is -0.480 e. The van der Waals surface area contributed by atoms with Crippen molar-refractivity contribution in [1.82, 2.24) is 30.0 Å². The molecule has 17 heteroatoms. The summed E-state index contributed by atoms with van der Waals surface area (Å²) in [5.41, 5.74) is -0.969. The molecule has 2 heterocycles. The van der Waals surface area contributed by atoms with E-state index in [2.05, 4.69) is 25.9 Å². The molecule has 0 spiro atoms. The van der Waals surface area contributed by atoms with Gasteiger partial charge in [-0.15, -0.1) is 5.10 Å². The topological polar surface area (TPSA) is 168 Å². The molecule has 3 rings (SSSR count). The van der Waals surface area contributed by atoms with Gasteiger partial charge in [0, 0.05) is 25.8 Å². The number of nitrogens with zero attached hydrogens (tertiary/aromatic N) is 4. The van der Waals surface area contributed by atoms with E-state index >= 15 is 0 Å². The Balaban J connectivity index is 1.56. The monoisotopic (exact) mass is 573 g/mol. The molecule has 0 aliphatic heterocycles. The molecular weight excluding hydrogens is 550 g/mol. The van der Waals surface area contributed by atoms with Crippen molar-refractivity contribution >= 4 is 27.7 Å². The zero-order valence-electron chi connectivity index (χ0n) is 20.2. The summed E-state index contributed by atoms with van der Waals surface area (Å²) in [5, 5.41) is 22.2. The normalized spacial score (nSPS) is 12.6. The van der Waals surface area contributed by atoms with E-state index in [1.54, 1.807) is 10.9 Å². The summed E-state index contributed by atoms with van der Waals surface area (Å²) in [6.45, 7) is 2.09. The number of carbonyl (C=O) groups is 2. The molecule has 3 aromatic rings. The maximum atomic E-state index is 13.5. The van der Waals surface area contributed by atoms with Crippen molar-refractivity contribution in [3.8, 4) is 0 Å². The van der Waals surface area contributed by atoms with Crippen LogP contribution in [-0.2, 0) is 27.5 Å². The van der Waals surface area contributed by atoms with Crippen molar-refractivity contribution in [1.29, 1.82) is 0 Å². The van der Waals surface area contributed by atoms with Crippen LogP contribution in [0.5, 0.6) is 0 Å². The summed E-state index contributed by atoms with van der Waals surface area (Å²) in [5.74, 6) is -3.58.